The van der Waals surface area contributed by atoms with Gasteiger partial charge in [-0.25, -0.2) is 0 Å². The fourth-order valence-electron chi connectivity index (χ4n) is 2.58. The van der Waals surface area contributed by atoms with Gasteiger partial charge in [-0.15, -0.1) is 0 Å². The highest BCUT2D eigenvalue weighted by Gasteiger charge is 2.31. The summed E-state index contributed by atoms with van der Waals surface area (Å²) in [6.45, 7) is 3.93. The van der Waals surface area contributed by atoms with Gasteiger partial charge in [-0.2, -0.15) is 10.2 Å². The molecule has 0 bridgehead atoms. The van der Waals surface area contributed by atoms with Crippen molar-refractivity contribution >= 4 is 5.91 Å². The van der Waals surface area contributed by atoms with Crippen LogP contribution in [0.1, 0.15) is 12.6 Å². The van der Waals surface area contributed by atoms with Crippen molar-refractivity contribution in [3.05, 3.63) is 30.4 Å². The molecule has 0 spiro atoms. The topological polar surface area (TPSA) is 92.4 Å². The van der Waals surface area contributed by atoms with Crippen molar-refractivity contribution in [1.82, 2.24) is 24.9 Å². The van der Waals surface area contributed by atoms with E-state index in [1.165, 1.54) is 0 Å². The molecule has 0 saturated carbocycles. The molecule has 1 aliphatic rings. The zero-order valence-electron chi connectivity index (χ0n) is 14.4. The fourth-order valence-corrected chi connectivity index (χ4v) is 2.58. The molecule has 1 N–H and O–H groups in total. The van der Waals surface area contributed by atoms with Gasteiger partial charge in [0, 0.05) is 19.8 Å². The summed E-state index contributed by atoms with van der Waals surface area (Å²) in [5.74, 6) is 0.472. The lowest BCUT2D eigenvalue weighted by Crippen LogP contribution is -2.46. The van der Waals surface area contributed by atoms with E-state index in [-0.39, 0.29) is 24.7 Å². The Balaban J connectivity index is 1.44. The minimum absolute atomic E-state index is 0.0256. The second kappa shape index (κ2) is 8.13. The van der Waals surface area contributed by atoms with Gasteiger partial charge >= 0.3 is 0 Å². The average molecular weight is 349 g/mol. The summed E-state index contributed by atoms with van der Waals surface area (Å²) < 4.78 is 20.2. The molecule has 2 aromatic rings. The second-order valence-electron chi connectivity index (χ2n) is 5.84. The Morgan fingerprint density at radius 2 is 2.32 bits per heavy atom. The number of nitrogens with one attached hydrogen (secondary N) is 1. The summed E-state index contributed by atoms with van der Waals surface area (Å²) >= 11 is 0. The lowest BCUT2D eigenvalue weighted by atomic mass is 10.2. The first-order valence-electron chi connectivity index (χ1n) is 8.26. The molecule has 0 radical (unpaired) electrons. The first-order chi connectivity index (χ1) is 12.2. The SMILES string of the molecule is CCn1cc(O[C@@H]2COC[C@@H]2NC(=O)COCc2ccnn2C)cn1. The molecule has 1 saturated heterocycles. The van der Waals surface area contributed by atoms with Crippen LogP contribution in [-0.2, 0) is 34.5 Å². The van der Waals surface area contributed by atoms with E-state index in [1.54, 1.807) is 21.8 Å². The van der Waals surface area contributed by atoms with Gasteiger partial charge in [0.25, 0.3) is 0 Å². The molecule has 25 heavy (non-hydrogen) atoms. The van der Waals surface area contributed by atoms with Crippen LogP contribution in [0.3, 0.4) is 0 Å². The molecule has 9 nitrogen and oxygen atoms in total. The summed E-state index contributed by atoms with van der Waals surface area (Å²) in [6.07, 6.45) is 4.94. The molecule has 0 aromatic carbocycles. The smallest absolute Gasteiger partial charge is 0.246 e. The van der Waals surface area contributed by atoms with Gasteiger partial charge in [0.2, 0.25) is 5.91 Å². The van der Waals surface area contributed by atoms with Gasteiger partial charge in [-0.05, 0) is 13.0 Å². The largest absolute Gasteiger partial charge is 0.482 e. The Bertz CT molecular complexity index is 698. The number of rotatable bonds is 8. The maximum absolute atomic E-state index is 12.1. The number of carbonyl (C=O) groups excluding carboxylic acids is 1. The van der Waals surface area contributed by atoms with E-state index in [0.29, 0.717) is 25.6 Å². The standard InChI is InChI=1S/C16H23N5O4/c1-3-21-7-13(6-18-21)25-15-10-24-9-14(15)19-16(22)11-23-8-12-4-5-17-20(12)2/h4-7,14-15H,3,8-11H2,1-2H3,(H,19,22)/t14-,15+/m0/s1. The monoisotopic (exact) mass is 349 g/mol. The molecule has 136 valence electrons. The van der Waals surface area contributed by atoms with Crippen molar-refractivity contribution in [2.45, 2.75) is 32.2 Å². The minimum atomic E-state index is -0.240. The van der Waals surface area contributed by atoms with E-state index in [1.807, 2.05) is 26.2 Å². The molecule has 1 aliphatic heterocycles. The predicted octanol–water partition coefficient (Wildman–Crippen LogP) is 0.116. The third-order valence-corrected chi connectivity index (χ3v) is 4.00. The molecule has 3 rings (SSSR count). The maximum atomic E-state index is 12.1. The van der Waals surface area contributed by atoms with E-state index in [2.05, 4.69) is 15.5 Å². The van der Waals surface area contributed by atoms with Gasteiger partial charge in [0.05, 0.1) is 44.0 Å². The van der Waals surface area contributed by atoms with Gasteiger partial charge < -0.3 is 19.5 Å². The van der Waals surface area contributed by atoms with Gasteiger partial charge in [-0.1, -0.05) is 0 Å². The summed E-state index contributed by atoms with van der Waals surface area (Å²) in [5.41, 5.74) is 0.908. The molecular weight excluding hydrogens is 326 g/mol. The van der Waals surface area contributed by atoms with Gasteiger partial charge in [0.15, 0.2) is 5.75 Å². The van der Waals surface area contributed by atoms with Gasteiger partial charge in [0.1, 0.15) is 12.7 Å². The molecular formula is C16H23N5O4. The van der Waals surface area contributed by atoms with E-state index in [4.69, 9.17) is 14.2 Å². The summed E-state index contributed by atoms with van der Waals surface area (Å²) in [4.78, 5) is 12.1. The first-order valence-corrected chi connectivity index (χ1v) is 8.26. The van der Waals surface area contributed by atoms with E-state index < -0.39 is 0 Å². The molecule has 0 aliphatic carbocycles. The van der Waals surface area contributed by atoms with Crippen LogP contribution in [0.25, 0.3) is 0 Å². The van der Waals surface area contributed by atoms with Crippen LogP contribution in [0.2, 0.25) is 0 Å². The third-order valence-electron chi connectivity index (χ3n) is 4.00. The Morgan fingerprint density at radius 1 is 1.44 bits per heavy atom. The van der Waals surface area contributed by atoms with Crippen LogP contribution in [-0.4, -0.2) is 57.4 Å². The highest BCUT2D eigenvalue weighted by atomic mass is 16.5. The van der Waals surface area contributed by atoms with Crippen molar-refractivity contribution in [3.8, 4) is 5.75 Å². The molecule has 3 heterocycles. The van der Waals surface area contributed by atoms with Crippen LogP contribution >= 0.6 is 0 Å². The third kappa shape index (κ3) is 4.58. The molecule has 1 amide bonds. The lowest BCUT2D eigenvalue weighted by Gasteiger charge is -2.19. The highest BCUT2D eigenvalue weighted by molar-refractivity contribution is 5.77. The Kier molecular flexibility index (Phi) is 5.67. The lowest BCUT2D eigenvalue weighted by molar-refractivity contribution is -0.127. The summed E-state index contributed by atoms with van der Waals surface area (Å²) in [6, 6.07) is 1.64. The number of aryl methyl sites for hydroxylation is 2. The van der Waals surface area contributed by atoms with Crippen LogP contribution in [0.4, 0.5) is 0 Å². The highest BCUT2D eigenvalue weighted by Crippen LogP contribution is 2.16. The van der Waals surface area contributed by atoms with Crippen LogP contribution < -0.4 is 10.1 Å². The summed E-state index contributed by atoms with van der Waals surface area (Å²) in [5, 5.41) is 11.1. The normalized spacial score (nSPS) is 19.9. The fraction of sp³-hybridized carbons (Fsp3) is 0.562. The van der Waals surface area contributed by atoms with Crippen molar-refractivity contribution in [2.24, 2.45) is 7.05 Å². The molecule has 0 unspecified atom stereocenters. The first kappa shape index (κ1) is 17.4. The predicted molar refractivity (Wildman–Crippen MR) is 87.9 cm³/mol. The molecule has 2 aromatic heterocycles. The summed E-state index contributed by atoms with van der Waals surface area (Å²) in [7, 11) is 1.83. The minimum Gasteiger partial charge on any atom is -0.482 e. The number of ether oxygens (including phenoxy) is 3. The molecule has 2 atom stereocenters. The number of aromatic nitrogens is 4. The van der Waals surface area contributed by atoms with Crippen molar-refractivity contribution in [2.75, 3.05) is 19.8 Å². The van der Waals surface area contributed by atoms with Crippen molar-refractivity contribution in [3.63, 3.8) is 0 Å². The van der Waals surface area contributed by atoms with Crippen LogP contribution in [0.5, 0.6) is 5.75 Å². The van der Waals surface area contributed by atoms with Crippen LogP contribution in [0.15, 0.2) is 24.7 Å². The quantitative estimate of drug-likeness (QED) is 0.727. The number of nitrogens with zero attached hydrogens (tertiary/aromatic N) is 4. The number of hydrogen-bond donors (Lipinski definition) is 1. The van der Waals surface area contributed by atoms with E-state index in [9.17, 15) is 4.79 Å². The maximum Gasteiger partial charge on any atom is 0.246 e. The average Bonchev–Trinajstić information content (AvgIpc) is 3.31. The Hall–Kier alpha value is -2.39. The number of carbonyl (C=O) groups is 1. The Morgan fingerprint density at radius 3 is 3.04 bits per heavy atom. The van der Waals surface area contributed by atoms with Crippen molar-refractivity contribution in [1.29, 1.82) is 0 Å². The zero-order valence-corrected chi connectivity index (χ0v) is 14.4. The molecule has 1 fully saturated rings. The molecule has 9 heteroatoms. The second-order valence-corrected chi connectivity index (χ2v) is 5.84. The number of amides is 1. The van der Waals surface area contributed by atoms with Crippen LogP contribution in [0, 0.1) is 0 Å². The van der Waals surface area contributed by atoms with E-state index in [0.717, 1.165) is 12.2 Å². The van der Waals surface area contributed by atoms with E-state index >= 15 is 0 Å². The van der Waals surface area contributed by atoms with Crippen molar-refractivity contribution < 1.29 is 19.0 Å². The van der Waals surface area contributed by atoms with Gasteiger partial charge in [-0.3, -0.25) is 14.2 Å². The number of hydrogen-bond acceptors (Lipinski definition) is 6. The zero-order chi connectivity index (χ0) is 17.6. The Labute approximate surface area is 145 Å².